The quantitative estimate of drug-likeness (QED) is 0.373. The van der Waals surface area contributed by atoms with Gasteiger partial charge in [0.25, 0.3) is 0 Å². The number of guanidine groups is 1. The van der Waals surface area contributed by atoms with Crippen LogP contribution in [-0.2, 0) is 0 Å². The van der Waals surface area contributed by atoms with Gasteiger partial charge in [-0.2, -0.15) is 8.78 Å². The van der Waals surface area contributed by atoms with E-state index in [-0.39, 0.29) is 18.3 Å². The molecule has 3 aromatic rings. The molecule has 0 aliphatic heterocycles. The summed E-state index contributed by atoms with van der Waals surface area (Å²) in [5.41, 5.74) is 6.94. The molecule has 1 unspecified atom stereocenters. The number of rotatable bonds is 8. The Kier molecular flexibility index (Phi) is 7.18. The number of alkyl halides is 2. The summed E-state index contributed by atoms with van der Waals surface area (Å²) in [6, 6.07) is 22.3. The van der Waals surface area contributed by atoms with Gasteiger partial charge in [0.15, 0.2) is 5.96 Å². The molecule has 0 radical (unpaired) electrons. The van der Waals surface area contributed by atoms with Crippen molar-refractivity contribution >= 4 is 11.6 Å². The van der Waals surface area contributed by atoms with E-state index in [4.69, 9.17) is 10.5 Å². The Morgan fingerprint density at radius 2 is 1.63 bits per heavy atom. The van der Waals surface area contributed by atoms with Crippen molar-refractivity contribution in [3.63, 3.8) is 0 Å². The van der Waals surface area contributed by atoms with Crippen molar-refractivity contribution in [3.05, 3.63) is 84.4 Å². The molecule has 1 atom stereocenters. The smallest absolute Gasteiger partial charge is 0.387 e. The number of hydrogen-bond donors (Lipinski definition) is 3. The lowest BCUT2D eigenvalue weighted by atomic mass is 10.1. The van der Waals surface area contributed by atoms with Crippen molar-refractivity contribution in [1.29, 1.82) is 0 Å². The molecule has 3 aromatic carbocycles. The summed E-state index contributed by atoms with van der Waals surface area (Å²) in [5, 5.41) is 13.2. The molecule has 4 N–H and O–H groups in total. The number of nitrogens with two attached hydrogens (primary N) is 1. The number of aliphatic hydroxyl groups is 1. The van der Waals surface area contributed by atoms with Gasteiger partial charge in [0.2, 0.25) is 0 Å². The van der Waals surface area contributed by atoms with E-state index >= 15 is 0 Å². The molecule has 0 heterocycles. The molecule has 156 valence electrons. The Bertz CT molecular complexity index is 984. The zero-order chi connectivity index (χ0) is 21.3. The zero-order valence-electron chi connectivity index (χ0n) is 15.9. The van der Waals surface area contributed by atoms with Gasteiger partial charge in [0.05, 0.1) is 12.6 Å². The fraction of sp³-hybridized carbons (Fsp3) is 0.136. The lowest BCUT2D eigenvalue weighted by molar-refractivity contribution is -0.0499. The summed E-state index contributed by atoms with van der Waals surface area (Å²) >= 11 is 0. The predicted molar refractivity (Wildman–Crippen MR) is 111 cm³/mol. The van der Waals surface area contributed by atoms with Gasteiger partial charge in [-0.25, -0.2) is 0 Å². The minimum absolute atomic E-state index is 0.0353. The second kappa shape index (κ2) is 10.2. The number of hydrogen-bond acceptors (Lipinski definition) is 4. The van der Waals surface area contributed by atoms with E-state index in [1.54, 1.807) is 24.3 Å². The second-order valence-electron chi connectivity index (χ2n) is 6.26. The van der Waals surface area contributed by atoms with E-state index in [9.17, 15) is 13.9 Å². The van der Waals surface area contributed by atoms with Gasteiger partial charge in [0.1, 0.15) is 17.2 Å². The molecule has 0 bridgehead atoms. The Balaban J connectivity index is 1.59. The maximum Gasteiger partial charge on any atom is 0.387 e. The van der Waals surface area contributed by atoms with E-state index in [0.717, 1.165) is 0 Å². The topological polar surface area (TPSA) is 89.1 Å². The van der Waals surface area contributed by atoms with E-state index in [1.165, 1.54) is 18.2 Å². The summed E-state index contributed by atoms with van der Waals surface area (Å²) in [4.78, 5) is 4.10. The fourth-order valence-electron chi connectivity index (χ4n) is 2.64. The largest absolute Gasteiger partial charge is 0.457 e. The van der Waals surface area contributed by atoms with E-state index < -0.39 is 12.7 Å². The fourth-order valence-corrected chi connectivity index (χ4v) is 2.64. The van der Waals surface area contributed by atoms with Crippen LogP contribution in [0.1, 0.15) is 11.7 Å². The average Bonchev–Trinajstić information content (AvgIpc) is 2.73. The highest BCUT2D eigenvalue weighted by Gasteiger charge is 2.10. The standard InChI is InChI=1S/C22H21F2N3O3/c23-21(24)30-18-10-4-6-15(12-18)20(28)14-26-22(25)27-16-7-5-11-19(13-16)29-17-8-2-1-3-9-17/h1-13,20-21,28H,14H2,(H3,25,26,27). The van der Waals surface area contributed by atoms with Gasteiger partial charge in [-0.1, -0.05) is 36.4 Å². The number of ether oxygens (including phenoxy) is 2. The zero-order valence-corrected chi connectivity index (χ0v) is 15.9. The van der Waals surface area contributed by atoms with Crippen LogP contribution in [0.5, 0.6) is 17.2 Å². The Morgan fingerprint density at radius 1 is 0.933 bits per heavy atom. The van der Waals surface area contributed by atoms with Crippen LogP contribution < -0.4 is 20.5 Å². The van der Waals surface area contributed by atoms with Crippen LogP contribution in [0, 0.1) is 0 Å². The van der Waals surface area contributed by atoms with E-state index in [0.29, 0.717) is 22.7 Å². The highest BCUT2D eigenvalue weighted by Crippen LogP contribution is 2.24. The van der Waals surface area contributed by atoms with Crippen LogP contribution in [0.4, 0.5) is 14.5 Å². The molecule has 3 rings (SSSR count). The molecule has 0 fully saturated rings. The van der Waals surface area contributed by atoms with Crippen molar-refractivity contribution in [1.82, 2.24) is 0 Å². The highest BCUT2D eigenvalue weighted by atomic mass is 19.3. The number of anilines is 1. The number of nitrogens with zero attached hydrogens (tertiary/aromatic N) is 1. The monoisotopic (exact) mass is 413 g/mol. The first-order chi connectivity index (χ1) is 14.5. The van der Waals surface area contributed by atoms with Crippen LogP contribution in [-0.4, -0.2) is 24.2 Å². The van der Waals surface area contributed by atoms with Gasteiger partial charge >= 0.3 is 6.61 Å². The number of aliphatic hydroxyl groups excluding tert-OH is 1. The first-order valence-electron chi connectivity index (χ1n) is 9.12. The number of halogens is 2. The van der Waals surface area contributed by atoms with Crippen molar-refractivity contribution in [2.75, 3.05) is 11.9 Å². The maximum atomic E-state index is 12.3. The van der Waals surface area contributed by atoms with Crippen molar-refractivity contribution in [2.45, 2.75) is 12.7 Å². The molecule has 6 nitrogen and oxygen atoms in total. The van der Waals surface area contributed by atoms with Crippen LogP contribution in [0.15, 0.2) is 83.9 Å². The minimum atomic E-state index is -2.93. The molecule has 0 aliphatic carbocycles. The third-order valence-corrected chi connectivity index (χ3v) is 3.99. The van der Waals surface area contributed by atoms with Crippen molar-refractivity contribution in [2.24, 2.45) is 10.7 Å². The van der Waals surface area contributed by atoms with Gasteiger partial charge in [0, 0.05) is 11.8 Å². The first-order valence-corrected chi connectivity index (χ1v) is 9.12. The SMILES string of the molecule is NC(=NCC(O)c1cccc(OC(F)F)c1)Nc1cccc(Oc2ccccc2)c1. The molecular weight excluding hydrogens is 392 g/mol. The lowest BCUT2D eigenvalue weighted by Crippen LogP contribution is -2.23. The molecule has 0 aromatic heterocycles. The molecule has 0 saturated carbocycles. The van der Waals surface area contributed by atoms with E-state index in [1.807, 2.05) is 36.4 Å². The summed E-state index contributed by atoms with van der Waals surface area (Å²) in [6.07, 6.45) is -1.03. The number of para-hydroxylation sites is 1. The molecule has 0 spiro atoms. The summed E-state index contributed by atoms with van der Waals surface area (Å²) in [7, 11) is 0. The Labute approximate surface area is 172 Å². The molecule has 0 aliphatic rings. The third-order valence-electron chi connectivity index (χ3n) is 3.99. The summed E-state index contributed by atoms with van der Waals surface area (Å²) in [5.74, 6) is 1.38. The van der Waals surface area contributed by atoms with Gasteiger partial charge in [-0.15, -0.1) is 0 Å². The molecule has 30 heavy (non-hydrogen) atoms. The highest BCUT2D eigenvalue weighted by molar-refractivity contribution is 5.92. The third kappa shape index (κ3) is 6.46. The molecule has 0 amide bonds. The maximum absolute atomic E-state index is 12.3. The second-order valence-corrected chi connectivity index (χ2v) is 6.26. The summed E-state index contributed by atoms with van der Waals surface area (Å²) in [6.45, 7) is -2.99. The first kappa shape index (κ1) is 21.1. The molecular formula is C22H21F2N3O3. The summed E-state index contributed by atoms with van der Waals surface area (Å²) < 4.78 is 34.8. The number of nitrogens with one attached hydrogen (secondary N) is 1. The minimum Gasteiger partial charge on any atom is -0.457 e. The molecule has 0 saturated heterocycles. The lowest BCUT2D eigenvalue weighted by Gasteiger charge is -2.12. The average molecular weight is 413 g/mol. The Morgan fingerprint density at radius 3 is 2.40 bits per heavy atom. The number of aliphatic imine (C=N–C) groups is 1. The van der Waals surface area contributed by atoms with Gasteiger partial charge < -0.3 is 25.6 Å². The van der Waals surface area contributed by atoms with Crippen LogP contribution in [0.3, 0.4) is 0 Å². The van der Waals surface area contributed by atoms with Crippen LogP contribution in [0.2, 0.25) is 0 Å². The predicted octanol–water partition coefficient (Wildman–Crippen LogP) is 4.54. The Hall–Kier alpha value is -3.65. The normalized spacial score (nSPS) is 12.5. The molecule has 8 heteroatoms. The number of benzene rings is 3. The van der Waals surface area contributed by atoms with Crippen molar-refractivity contribution in [3.8, 4) is 17.2 Å². The van der Waals surface area contributed by atoms with Gasteiger partial charge in [-0.3, -0.25) is 4.99 Å². The van der Waals surface area contributed by atoms with Crippen LogP contribution in [0.25, 0.3) is 0 Å². The van der Waals surface area contributed by atoms with E-state index in [2.05, 4.69) is 15.0 Å². The van der Waals surface area contributed by atoms with Gasteiger partial charge in [-0.05, 0) is 42.0 Å². The van der Waals surface area contributed by atoms with Crippen LogP contribution >= 0.6 is 0 Å². The van der Waals surface area contributed by atoms with Crippen molar-refractivity contribution < 1.29 is 23.4 Å².